The number of rotatable bonds is 2. The van der Waals surface area contributed by atoms with Crippen LogP contribution in [-0.2, 0) is 4.79 Å². The highest BCUT2D eigenvalue weighted by atomic mass is 16.3. The van der Waals surface area contributed by atoms with E-state index in [0.29, 0.717) is 0 Å². The summed E-state index contributed by atoms with van der Waals surface area (Å²) in [6.07, 6.45) is 6.10. The SMILES string of the molecule is CC1(C(=O)NC2CCC(O)CC2)CCCC1N. The van der Waals surface area contributed by atoms with Crippen molar-refractivity contribution < 1.29 is 9.90 Å². The number of nitrogens with one attached hydrogen (secondary N) is 1. The first kappa shape index (κ1) is 12.8. The van der Waals surface area contributed by atoms with E-state index in [1.807, 2.05) is 6.92 Å². The molecule has 0 bridgehead atoms. The van der Waals surface area contributed by atoms with Crippen LogP contribution in [0.3, 0.4) is 0 Å². The predicted octanol–water partition coefficient (Wildman–Crippen LogP) is 0.924. The molecule has 0 saturated heterocycles. The molecule has 2 fully saturated rings. The van der Waals surface area contributed by atoms with Gasteiger partial charge in [-0.1, -0.05) is 6.42 Å². The van der Waals surface area contributed by atoms with Gasteiger partial charge in [-0.05, 0) is 45.4 Å². The zero-order valence-corrected chi connectivity index (χ0v) is 10.6. The van der Waals surface area contributed by atoms with Crippen molar-refractivity contribution in [3.8, 4) is 0 Å². The number of nitrogens with two attached hydrogens (primary N) is 1. The van der Waals surface area contributed by atoms with E-state index in [1.165, 1.54) is 0 Å². The smallest absolute Gasteiger partial charge is 0.227 e. The molecule has 0 radical (unpaired) electrons. The summed E-state index contributed by atoms with van der Waals surface area (Å²) in [5.41, 5.74) is 5.66. The molecule has 0 heterocycles. The van der Waals surface area contributed by atoms with Crippen molar-refractivity contribution in [1.82, 2.24) is 5.32 Å². The van der Waals surface area contributed by atoms with E-state index >= 15 is 0 Å². The Balaban J connectivity index is 1.88. The molecule has 2 aliphatic carbocycles. The number of aliphatic hydroxyl groups is 1. The zero-order valence-electron chi connectivity index (χ0n) is 10.6. The standard InChI is InChI=1S/C13H24N2O2/c1-13(8-2-3-11(13)14)12(17)15-9-4-6-10(16)7-5-9/h9-11,16H,2-8,14H2,1H3,(H,15,17). The highest BCUT2D eigenvalue weighted by Gasteiger charge is 2.43. The first-order chi connectivity index (χ1) is 8.02. The Hall–Kier alpha value is -0.610. The molecule has 1 amide bonds. The molecular formula is C13H24N2O2. The summed E-state index contributed by atoms with van der Waals surface area (Å²) < 4.78 is 0. The van der Waals surface area contributed by atoms with Gasteiger partial charge in [0.1, 0.15) is 0 Å². The Morgan fingerprint density at radius 3 is 2.47 bits per heavy atom. The maximum absolute atomic E-state index is 12.3. The van der Waals surface area contributed by atoms with E-state index in [4.69, 9.17) is 5.73 Å². The van der Waals surface area contributed by atoms with Crippen LogP contribution in [0.1, 0.15) is 51.9 Å². The fourth-order valence-corrected chi connectivity index (χ4v) is 3.05. The third-order valence-corrected chi connectivity index (χ3v) is 4.58. The number of amides is 1. The largest absolute Gasteiger partial charge is 0.393 e. The highest BCUT2D eigenvalue weighted by Crippen LogP contribution is 2.37. The Bertz CT molecular complexity index is 287. The van der Waals surface area contributed by atoms with E-state index in [9.17, 15) is 9.90 Å². The molecular weight excluding hydrogens is 216 g/mol. The van der Waals surface area contributed by atoms with Gasteiger partial charge in [-0.2, -0.15) is 0 Å². The van der Waals surface area contributed by atoms with Crippen molar-refractivity contribution in [2.75, 3.05) is 0 Å². The average molecular weight is 240 g/mol. The Labute approximate surface area is 103 Å². The molecule has 2 aliphatic rings. The molecule has 4 heteroatoms. The van der Waals surface area contributed by atoms with Crippen LogP contribution in [-0.4, -0.2) is 29.2 Å². The van der Waals surface area contributed by atoms with Gasteiger partial charge in [0.25, 0.3) is 0 Å². The lowest BCUT2D eigenvalue weighted by atomic mass is 9.83. The summed E-state index contributed by atoms with van der Waals surface area (Å²) in [4.78, 5) is 12.3. The molecule has 2 atom stereocenters. The maximum atomic E-state index is 12.3. The number of aliphatic hydroxyl groups excluding tert-OH is 1. The third-order valence-electron chi connectivity index (χ3n) is 4.58. The minimum atomic E-state index is -0.379. The van der Waals surface area contributed by atoms with Gasteiger partial charge >= 0.3 is 0 Å². The van der Waals surface area contributed by atoms with Gasteiger partial charge < -0.3 is 16.2 Å². The van der Waals surface area contributed by atoms with Crippen molar-refractivity contribution in [2.24, 2.45) is 11.1 Å². The molecule has 2 rings (SSSR count). The lowest BCUT2D eigenvalue weighted by Crippen LogP contribution is -2.51. The lowest BCUT2D eigenvalue weighted by molar-refractivity contribution is -0.131. The minimum absolute atomic E-state index is 0.00307. The Kier molecular flexibility index (Phi) is 3.73. The first-order valence-electron chi connectivity index (χ1n) is 6.77. The minimum Gasteiger partial charge on any atom is -0.393 e. The van der Waals surface area contributed by atoms with E-state index in [1.54, 1.807) is 0 Å². The fraction of sp³-hybridized carbons (Fsp3) is 0.923. The topological polar surface area (TPSA) is 75.3 Å². The van der Waals surface area contributed by atoms with Crippen molar-refractivity contribution in [3.63, 3.8) is 0 Å². The average Bonchev–Trinajstić information content (AvgIpc) is 2.64. The fourth-order valence-electron chi connectivity index (χ4n) is 3.05. The van der Waals surface area contributed by atoms with Gasteiger partial charge in [0, 0.05) is 12.1 Å². The second kappa shape index (κ2) is 4.94. The summed E-state index contributed by atoms with van der Waals surface area (Å²) >= 11 is 0. The van der Waals surface area contributed by atoms with Crippen LogP contribution in [0.15, 0.2) is 0 Å². The third kappa shape index (κ3) is 2.63. The molecule has 4 N–H and O–H groups in total. The van der Waals surface area contributed by atoms with Crippen LogP contribution in [0.25, 0.3) is 0 Å². The molecule has 0 aromatic rings. The number of carbonyl (C=O) groups excluding carboxylic acids is 1. The number of hydrogen-bond donors (Lipinski definition) is 3. The molecule has 0 aromatic heterocycles. The second-order valence-corrected chi connectivity index (χ2v) is 5.90. The first-order valence-corrected chi connectivity index (χ1v) is 6.77. The highest BCUT2D eigenvalue weighted by molar-refractivity contribution is 5.83. The summed E-state index contributed by atoms with van der Waals surface area (Å²) in [5, 5.41) is 12.6. The van der Waals surface area contributed by atoms with Crippen LogP contribution in [0.4, 0.5) is 0 Å². The molecule has 98 valence electrons. The normalized spacial score (nSPS) is 42.4. The van der Waals surface area contributed by atoms with Gasteiger partial charge in [-0.3, -0.25) is 4.79 Å². The van der Waals surface area contributed by atoms with Gasteiger partial charge in [-0.25, -0.2) is 0 Å². The van der Waals surface area contributed by atoms with Crippen molar-refractivity contribution >= 4 is 5.91 Å². The maximum Gasteiger partial charge on any atom is 0.227 e. The zero-order chi connectivity index (χ0) is 12.5. The van der Waals surface area contributed by atoms with Crippen molar-refractivity contribution in [3.05, 3.63) is 0 Å². The molecule has 0 spiro atoms. The predicted molar refractivity (Wildman–Crippen MR) is 66.3 cm³/mol. The van der Waals surface area contributed by atoms with Crippen LogP contribution in [0.5, 0.6) is 0 Å². The summed E-state index contributed by atoms with van der Waals surface area (Å²) in [5.74, 6) is 0.115. The van der Waals surface area contributed by atoms with Crippen LogP contribution < -0.4 is 11.1 Å². The van der Waals surface area contributed by atoms with Crippen LogP contribution in [0, 0.1) is 5.41 Å². The molecule has 17 heavy (non-hydrogen) atoms. The Morgan fingerprint density at radius 2 is 1.94 bits per heavy atom. The molecule has 2 unspecified atom stereocenters. The number of hydrogen-bond acceptors (Lipinski definition) is 3. The number of carbonyl (C=O) groups is 1. The molecule has 2 saturated carbocycles. The van der Waals surface area contributed by atoms with E-state index in [-0.39, 0.29) is 29.5 Å². The van der Waals surface area contributed by atoms with Gasteiger partial charge in [0.05, 0.1) is 11.5 Å². The molecule has 0 aliphatic heterocycles. The van der Waals surface area contributed by atoms with Crippen molar-refractivity contribution in [2.45, 2.75) is 70.1 Å². The van der Waals surface area contributed by atoms with Gasteiger partial charge in [-0.15, -0.1) is 0 Å². The van der Waals surface area contributed by atoms with E-state index < -0.39 is 0 Å². The lowest BCUT2D eigenvalue weighted by Gasteiger charge is -2.32. The van der Waals surface area contributed by atoms with Crippen LogP contribution in [0.2, 0.25) is 0 Å². The summed E-state index contributed by atoms with van der Waals surface area (Å²) in [6, 6.07) is 0.229. The second-order valence-electron chi connectivity index (χ2n) is 5.90. The molecule has 4 nitrogen and oxygen atoms in total. The van der Waals surface area contributed by atoms with E-state index in [0.717, 1.165) is 44.9 Å². The quantitative estimate of drug-likeness (QED) is 0.672. The van der Waals surface area contributed by atoms with Crippen LogP contribution >= 0.6 is 0 Å². The van der Waals surface area contributed by atoms with Gasteiger partial charge in [0.2, 0.25) is 5.91 Å². The summed E-state index contributed by atoms with van der Waals surface area (Å²) in [6.45, 7) is 1.98. The Morgan fingerprint density at radius 1 is 1.29 bits per heavy atom. The van der Waals surface area contributed by atoms with E-state index in [2.05, 4.69) is 5.32 Å². The van der Waals surface area contributed by atoms with Gasteiger partial charge in [0.15, 0.2) is 0 Å². The molecule has 0 aromatic carbocycles. The van der Waals surface area contributed by atoms with Crippen molar-refractivity contribution in [1.29, 1.82) is 0 Å². The monoisotopic (exact) mass is 240 g/mol. The summed E-state index contributed by atoms with van der Waals surface area (Å²) in [7, 11) is 0.